The molecule has 6 nitrogen and oxygen atoms in total. The minimum absolute atomic E-state index is 0.117. The summed E-state index contributed by atoms with van der Waals surface area (Å²) in [5.41, 5.74) is 1.72. The average molecular weight is 427 g/mol. The van der Waals surface area contributed by atoms with Crippen LogP contribution in [-0.2, 0) is 28.3 Å². The van der Waals surface area contributed by atoms with E-state index in [1.165, 1.54) is 0 Å². The van der Waals surface area contributed by atoms with Crippen LogP contribution in [0.5, 0.6) is 0 Å². The van der Waals surface area contributed by atoms with E-state index in [-0.39, 0.29) is 18.6 Å². The summed E-state index contributed by atoms with van der Waals surface area (Å²) >= 11 is 3.47. The monoisotopic (exact) mass is 426 g/mol. The number of rotatable bonds is 1. The van der Waals surface area contributed by atoms with Gasteiger partial charge in [-0.25, -0.2) is 9.78 Å². The van der Waals surface area contributed by atoms with E-state index < -0.39 is 11.6 Å². The van der Waals surface area contributed by atoms with Gasteiger partial charge in [0, 0.05) is 21.0 Å². The second kappa shape index (κ2) is 5.50. The van der Waals surface area contributed by atoms with Crippen LogP contribution in [0, 0.1) is 0 Å². The van der Waals surface area contributed by atoms with Crippen LogP contribution in [0.4, 0.5) is 0 Å². The van der Waals surface area contributed by atoms with Crippen molar-refractivity contribution in [2.24, 2.45) is 0 Å². The number of carbonyl (C=O) groups is 1. The van der Waals surface area contributed by atoms with Crippen molar-refractivity contribution in [2.45, 2.75) is 32.1 Å². The number of nitrogens with zero attached hydrogens (tertiary/aromatic N) is 2. The molecule has 0 radical (unpaired) electrons. The van der Waals surface area contributed by atoms with Gasteiger partial charge in [0.15, 0.2) is 5.60 Å². The number of aliphatic hydroxyl groups is 1. The lowest BCUT2D eigenvalue weighted by Gasteiger charge is -2.31. The molecule has 1 aromatic carbocycles. The maximum absolute atomic E-state index is 13.1. The zero-order chi connectivity index (χ0) is 18.9. The van der Waals surface area contributed by atoms with Gasteiger partial charge in [-0.3, -0.25) is 4.79 Å². The standard InChI is InChI=1S/C20H15BrN2O4/c1-2-20(26)14-7-16-17-11(5-10-6-12(21)3-4-15(10)22-17)8-23(16)18(24)13(14)9-27-19(20)25/h3-7,26H,2,8-9H2,1H3. The Bertz CT molecular complexity index is 1220. The van der Waals surface area contributed by atoms with Crippen LogP contribution in [0.25, 0.3) is 22.3 Å². The summed E-state index contributed by atoms with van der Waals surface area (Å²) < 4.78 is 7.68. The van der Waals surface area contributed by atoms with Gasteiger partial charge in [0.25, 0.3) is 5.56 Å². The van der Waals surface area contributed by atoms with E-state index in [1.54, 1.807) is 17.6 Å². The predicted molar refractivity (Wildman–Crippen MR) is 102 cm³/mol. The number of cyclic esters (lactones) is 1. The van der Waals surface area contributed by atoms with Crippen LogP contribution >= 0.6 is 15.9 Å². The van der Waals surface area contributed by atoms with Crippen molar-refractivity contribution in [2.75, 3.05) is 0 Å². The fourth-order valence-electron chi connectivity index (χ4n) is 3.96. The van der Waals surface area contributed by atoms with Gasteiger partial charge in [-0.1, -0.05) is 22.9 Å². The molecule has 0 saturated heterocycles. The maximum Gasteiger partial charge on any atom is 0.343 e. The van der Waals surface area contributed by atoms with Crippen LogP contribution in [0.3, 0.4) is 0 Å². The van der Waals surface area contributed by atoms with Crippen molar-refractivity contribution < 1.29 is 14.6 Å². The molecule has 2 aliphatic heterocycles. The summed E-state index contributed by atoms with van der Waals surface area (Å²) in [5, 5.41) is 11.8. The molecule has 4 heterocycles. The van der Waals surface area contributed by atoms with E-state index >= 15 is 0 Å². The van der Waals surface area contributed by atoms with E-state index in [0.717, 1.165) is 20.9 Å². The first-order valence-corrected chi connectivity index (χ1v) is 9.48. The SMILES string of the molecule is CCC1(O)C(=O)OCc2c1cc1n(c2=O)Cc2cc3cc(Br)ccc3nc2-1. The minimum Gasteiger partial charge on any atom is -0.458 e. The van der Waals surface area contributed by atoms with Gasteiger partial charge >= 0.3 is 5.97 Å². The molecule has 0 bridgehead atoms. The number of esters is 1. The first kappa shape index (κ1) is 16.6. The lowest BCUT2D eigenvalue weighted by Crippen LogP contribution is -2.44. The molecule has 1 atom stereocenters. The van der Waals surface area contributed by atoms with Crippen molar-refractivity contribution in [3.63, 3.8) is 0 Å². The Labute approximate surface area is 162 Å². The number of benzene rings is 1. The molecule has 0 saturated carbocycles. The molecule has 1 N–H and O–H groups in total. The van der Waals surface area contributed by atoms with Crippen LogP contribution in [0.15, 0.2) is 39.6 Å². The van der Waals surface area contributed by atoms with Crippen LogP contribution in [0.1, 0.15) is 30.0 Å². The number of pyridine rings is 2. The van der Waals surface area contributed by atoms with Crippen molar-refractivity contribution in [1.29, 1.82) is 0 Å². The number of hydrogen-bond donors (Lipinski definition) is 1. The van der Waals surface area contributed by atoms with E-state index in [9.17, 15) is 14.7 Å². The topological polar surface area (TPSA) is 81.4 Å². The van der Waals surface area contributed by atoms with E-state index in [1.807, 2.05) is 24.3 Å². The summed E-state index contributed by atoms with van der Waals surface area (Å²) in [6, 6.07) is 9.58. The Kier molecular flexibility index (Phi) is 3.39. The zero-order valence-corrected chi connectivity index (χ0v) is 16.0. The van der Waals surface area contributed by atoms with Gasteiger partial charge in [0.05, 0.1) is 29.0 Å². The summed E-state index contributed by atoms with van der Waals surface area (Å²) in [7, 11) is 0. The third kappa shape index (κ3) is 2.18. The highest BCUT2D eigenvalue weighted by atomic mass is 79.9. The minimum atomic E-state index is -1.80. The Hall–Kier alpha value is -2.51. The first-order chi connectivity index (χ1) is 12.9. The van der Waals surface area contributed by atoms with Crippen molar-refractivity contribution in [3.8, 4) is 11.4 Å². The number of ether oxygens (including phenoxy) is 1. The highest BCUT2D eigenvalue weighted by molar-refractivity contribution is 9.10. The maximum atomic E-state index is 13.1. The van der Waals surface area contributed by atoms with Crippen LogP contribution in [0.2, 0.25) is 0 Å². The normalized spacial score (nSPS) is 20.2. The molecule has 5 rings (SSSR count). The highest BCUT2D eigenvalue weighted by Gasteiger charge is 2.45. The van der Waals surface area contributed by atoms with Gasteiger partial charge in [0.1, 0.15) is 6.61 Å². The smallest absolute Gasteiger partial charge is 0.343 e. The fourth-order valence-corrected chi connectivity index (χ4v) is 4.34. The zero-order valence-electron chi connectivity index (χ0n) is 14.5. The Morgan fingerprint density at radius 1 is 1.30 bits per heavy atom. The summed E-state index contributed by atoms with van der Waals surface area (Å²) in [6.07, 6.45) is 0.133. The Morgan fingerprint density at radius 2 is 2.11 bits per heavy atom. The number of hydrogen-bond acceptors (Lipinski definition) is 5. The molecule has 2 aromatic heterocycles. The largest absolute Gasteiger partial charge is 0.458 e. The van der Waals surface area contributed by atoms with E-state index in [2.05, 4.69) is 15.9 Å². The Morgan fingerprint density at radius 3 is 2.89 bits per heavy atom. The number of halogens is 1. The number of aromatic nitrogens is 2. The molecule has 7 heteroatoms. The van der Waals surface area contributed by atoms with Gasteiger partial charge in [-0.15, -0.1) is 0 Å². The average Bonchev–Trinajstić information content (AvgIpc) is 3.01. The van der Waals surface area contributed by atoms with Crippen molar-refractivity contribution in [3.05, 3.63) is 61.8 Å². The predicted octanol–water partition coefficient (Wildman–Crippen LogP) is 2.84. The molecule has 2 aliphatic rings. The third-order valence-electron chi connectivity index (χ3n) is 5.47. The van der Waals surface area contributed by atoms with Gasteiger partial charge in [-0.05, 0) is 36.8 Å². The first-order valence-electron chi connectivity index (χ1n) is 8.68. The van der Waals surface area contributed by atoms with Gasteiger partial charge in [0.2, 0.25) is 0 Å². The quantitative estimate of drug-likeness (QED) is 0.473. The third-order valence-corrected chi connectivity index (χ3v) is 5.96. The van der Waals surface area contributed by atoms with Crippen LogP contribution in [-0.4, -0.2) is 20.6 Å². The molecule has 27 heavy (non-hydrogen) atoms. The van der Waals surface area contributed by atoms with Crippen molar-refractivity contribution >= 4 is 32.8 Å². The molecule has 0 aliphatic carbocycles. The number of fused-ring (bicyclic) bond motifs is 5. The number of carbonyl (C=O) groups excluding carboxylic acids is 1. The molecule has 0 amide bonds. The molecule has 1 unspecified atom stereocenters. The highest BCUT2D eigenvalue weighted by Crippen LogP contribution is 2.38. The fraction of sp³-hybridized carbons (Fsp3) is 0.250. The van der Waals surface area contributed by atoms with E-state index in [4.69, 9.17) is 9.72 Å². The van der Waals surface area contributed by atoms with Crippen LogP contribution < -0.4 is 5.56 Å². The molecule has 3 aromatic rings. The molecule has 0 fully saturated rings. The second-order valence-corrected chi connectivity index (χ2v) is 7.85. The Balaban J connectivity index is 1.80. The van der Waals surface area contributed by atoms with Gasteiger partial charge < -0.3 is 14.4 Å². The lowest BCUT2D eigenvalue weighted by molar-refractivity contribution is -0.172. The van der Waals surface area contributed by atoms with Crippen molar-refractivity contribution in [1.82, 2.24) is 9.55 Å². The van der Waals surface area contributed by atoms with E-state index in [0.29, 0.717) is 29.1 Å². The summed E-state index contributed by atoms with van der Waals surface area (Å²) in [6.45, 7) is 1.98. The second-order valence-electron chi connectivity index (χ2n) is 6.94. The molecular weight excluding hydrogens is 412 g/mol. The van der Waals surface area contributed by atoms with Gasteiger partial charge in [-0.2, -0.15) is 0 Å². The summed E-state index contributed by atoms with van der Waals surface area (Å²) in [5.74, 6) is -0.712. The molecule has 0 spiro atoms. The summed E-state index contributed by atoms with van der Waals surface area (Å²) in [4.78, 5) is 30.0. The molecular formula is C20H15BrN2O4. The molecule has 136 valence electrons. The lowest BCUT2D eigenvalue weighted by atomic mass is 9.86.